The van der Waals surface area contributed by atoms with Gasteiger partial charge < -0.3 is 44.4 Å². The number of nitrogens with one attached hydrogen (secondary N) is 2. The minimum Gasteiger partial charge on any atom is -0.546 e. The molecule has 0 saturated heterocycles. The van der Waals surface area contributed by atoms with Crippen molar-refractivity contribution in [2.75, 3.05) is 13.2 Å². The van der Waals surface area contributed by atoms with Gasteiger partial charge in [0.05, 0.1) is 23.7 Å². The van der Waals surface area contributed by atoms with E-state index in [-0.39, 0.29) is 35.0 Å². The Balaban J connectivity index is 1.78. The van der Waals surface area contributed by atoms with Crippen LogP contribution in [0.25, 0.3) is 0 Å². The lowest BCUT2D eigenvalue weighted by molar-refractivity contribution is -0.337. The van der Waals surface area contributed by atoms with Gasteiger partial charge in [0.15, 0.2) is 22.1 Å². The summed E-state index contributed by atoms with van der Waals surface area (Å²) >= 11 is 1.17. The first-order chi connectivity index (χ1) is 21.1. The molecule has 3 rings (SSSR count). The zero-order valence-corrected chi connectivity index (χ0v) is 28.5. The van der Waals surface area contributed by atoms with Crippen LogP contribution in [0.3, 0.4) is 0 Å². The highest BCUT2D eigenvalue weighted by Crippen LogP contribution is 2.48. The molecule has 0 aliphatic carbocycles. The fourth-order valence-electron chi connectivity index (χ4n) is 5.50. The summed E-state index contributed by atoms with van der Waals surface area (Å²) in [6.07, 6.45) is -1.00. The molecule has 2 heterocycles. The summed E-state index contributed by atoms with van der Waals surface area (Å²) in [5.41, 5.74) is -3.65. The number of carboxylic acid groups (broad SMARTS) is 2. The quantitative estimate of drug-likeness (QED) is 0.290. The van der Waals surface area contributed by atoms with Gasteiger partial charge in [-0.2, -0.15) is 0 Å². The highest BCUT2D eigenvalue weighted by atomic mass is 32.1. The van der Waals surface area contributed by atoms with E-state index in [0.29, 0.717) is 12.2 Å². The number of hydrogen-bond donors (Lipinski definition) is 3. The second-order valence-electron chi connectivity index (χ2n) is 14.2. The molecular weight excluding hydrogens is 618 g/mol. The fourth-order valence-corrected chi connectivity index (χ4v) is 6.45. The molecule has 0 saturated carbocycles. The number of esters is 1. The summed E-state index contributed by atoms with van der Waals surface area (Å²) < 4.78 is 17.0. The van der Waals surface area contributed by atoms with E-state index in [1.165, 1.54) is 29.5 Å². The monoisotopic (exact) mass is 661 g/mol. The van der Waals surface area contributed by atoms with Gasteiger partial charge >= 0.3 is 5.97 Å². The average molecular weight is 662 g/mol. The Labute approximate surface area is 272 Å². The molecule has 46 heavy (non-hydrogen) atoms. The Morgan fingerprint density at radius 1 is 1.04 bits per heavy atom. The zero-order valence-electron chi connectivity index (χ0n) is 27.7. The van der Waals surface area contributed by atoms with E-state index < -0.39 is 64.6 Å². The Kier molecular flexibility index (Phi) is 10.8. The van der Waals surface area contributed by atoms with E-state index in [2.05, 4.69) is 15.6 Å². The van der Waals surface area contributed by atoms with Crippen LogP contribution in [0.1, 0.15) is 94.4 Å². The van der Waals surface area contributed by atoms with Crippen molar-refractivity contribution in [3.05, 3.63) is 39.3 Å². The van der Waals surface area contributed by atoms with Gasteiger partial charge in [-0.15, -0.1) is 11.3 Å². The fraction of sp³-hybridized carbons (Fsp3) is 0.594. The predicted molar refractivity (Wildman–Crippen MR) is 164 cm³/mol. The number of ether oxygens (including phenoxy) is 3. The van der Waals surface area contributed by atoms with Gasteiger partial charge in [-0.3, -0.25) is 14.9 Å². The first-order valence-corrected chi connectivity index (χ1v) is 15.7. The maximum absolute atomic E-state index is 12.9. The zero-order chi connectivity index (χ0) is 34.8. The van der Waals surface area contributed by atoms with Crippen molar-refractivity contribution in [3.8, 4) is 11.5 Å². The molecule has 1 amide bonds. The van der Waals surface area contributed by atoms with Gasteiger partial charge in [-0.05, 0) is 38.5 Å². The molecule has 2 aromatic rings. The van der Waals surface area contributed by atoms with E-state index in [1.54, 1.807) is 62.3 Å². The minimum atomic E-state index is -1.89. The van der Waals surface area contributed by atoms with Crippen LogP contribution in [-0.2, 0) is 32.1 Å². The van der Waals surface area contributed by atoms with Crippen molar-refractivity contribution in [1.82, 2.24) is 15.6 Å². The molecule has 14 heteroatoms. The topological polar surface area (TPSA) is 199 Å². The molecule has 0 spiro atoms. The molecule has 2 unspecified atom stereocenters. The maximum Gasteiger partial charge on any atom is 0.324 e. The molecule has 2 atom stereocenters. The van der Waals surface area contributed by atoms with Crippen LogP contribution in [0.2, 0.25) is 0 Å². The number of aliphatic hydroxyl groups is 1. The summed E-state index contributed by atoms with van der Waals surface area (Å²) in [7, 11) is 0. The molecule has 0 fully saturated rings. The Bertz CT molecular complexity index is 1450. The first-order valence-electron chi connectivity index (χ1n) is 14.8. The summed E-state index contributed by atoms with van der Waals surface area (Å²) in [5.74, 6) is -4.16. The van der Waals surface area contributed by atoms with Gasteiger partial charge in [0.1, 0.15) is 18.2 Å². The number of rotatable bonds is 11. The average Bonchev–Trinajstić information content (AvgIpc) is 3.34. The third kappa shape index (κ3) is 8.34. The molecule has 0 radical (unpaired) electrons. The number of thiazole rings is 1. The van der Waals surface area contributed by atoms with Crippen molar-refractivity contribution >= 4 is 35.2 Å². The van der Waals surface area contributed by atoms with Crippen LogP contribution in [-0.4, -0.2) is 64.3 Å². The van der Waals surface area contributed by atoms with E-state index >= 15 is 0 Å². The lowest BCUT2D eigenvalue weighted by Crippen LogP contribution is -2.67. The van der Waals surface area contributed by atoms with Crippen molar-refractivity contribution < 1.29 is 48.7 Å². The van der Waals surface area contributed by atoms with E-state index in [0.717, 1.165) is 4.88 Å². The molecule has 0 bridgehead atoms. The van der Waals surface area contributed by atoms with Gasteiger partial charge in [-0.25, -0.2) is 4.98 Å². The minimum absolute atomic E-state index is 0.0815. The number of carbonyl (C=O) groups is 4. The smallest absolute Gasteiger partial charge is 0.324 e. The Hall–Kier alpha value is -3.75. The predicted octanol–water partition coefficient (Wildman–Crippen LogP) is 1.05. The van der Waals surface area contributed by atoms with Crippen LogP contribution in [0.5, 0.6) is 11.5 Å². The second kappa shape index (κ2) is 13.5. The van der Waals surface area contributed by atoms with Crippen molar-refractivity contribution in [3.63, 3.8) is 0 Å². The second-order valence-corrected chi connectivity index (χ2v) is 15.3. The Morgan fingerprint density at radius 3 is 2.22 bits per heavy atom. The van der Waals surface area contributed by atoms with Gasteiger partial charge in [0, 0.05) is 35.2 Å². The number of carboxylic acids is 2. The number of aromatic nitrogens is 1. The Morgan fingerprint density at radius 2 is 1.67 bits per heavy atom. The van der Waals surface area contributed by atoms with Gasteiger partial charge in [0.2, 0.25) is 0 Å². The van der Waals surface area contributed by atoms with Crippen LogP contribution in [0.15, 0.2) is 18.2 Å². The third-order valence-electron chi connectivity index (χ3n) is 7.39. The van der Waals surface area contributed by atoms with Crippen LogP contribution in [0, 0.1) is 10.8 Å². The molecule has 13 nitrogen and oxygen atoms in total. The largest absolute Gasteiger partial charge is 0.546 e. The number of carbonyl (C=O) groups excluding carboxylic acids is 4. The highest BCUT2D eigenvalue weighted by Gasteiger charge is 2.55. The number of aliphatic hydroxyl groups excluding tert-OH is 1. The normalized spacial score (nSPS) is 16.2. The van der Waals surface area contributed by atoms with Crippen molar-refractivity contribution in [2.45, 2.75) is 98.6 Å². The SMILES string of the molecule is CC(C)(C)OC(=O)C1Cc2nc(C(=O)NCC(O)c3ccc(OC(C(=O)[O-])(C(C)(C)C)C(C)(C)C)c(OCC(=O)[O-])c3)sc2CN1. The molecule has 1 aromatic carbocycles. The third-order valence-corrected chi connectivity index (χ3v) is 8.48. The van der Waals surface area contributed by atoms with Crippen LogP contribution >= 0.6 is 11.3 Å². The number of nitrogens with zero attached hydrogens (tertiary/aromatic N) is 1. The number of aliphatic carboxylic acids is 2. The summed E-state index contributed by atoms with van der Waals surface area (Å²) in [5, 5.41) is 40.6. The van der Waals surface area contributed by atoms with Gasteiger partial charge in [0.25, 0.3) is 5.91 Å². The molecular formula is C32H43N3O10S-2. The first kappa shape index (κ1) is 36.7. The molecule has 254 valence electrons. The highest BCUT2D eigenvalue weighted by molar-refractivity contribution is 7.13. The molecule has 1 aliphatic rings. The number of benzene rings is 1. The van der Waals surface area contributed by atoms with Crippen LogP contribution < -0.4 is 30.3 Å². The molecule has 3 N–H and O–H groups in total. The summed E-state index contributed by atoms with van der Waals surface area (Å²) in [6.45, 7) is 14.7. The number of amides is 1. The lowest BCUT2D eigenvalue weighted by Gasteiger charge is -2.53. The van der Waals surface area contributed by atoms with E-state index in [9.17, 15) is 34.5 Å². The van der Waals surface area contributed by atoms with E-state index in [1.807, 2.05) is 0 Å². The van der Waals surface area contributed by atoms with Gasteiger partial charge in [-0.1, -0.05) is 47.6 Å². The molecule has 1 aliphatic heterocycles. The number of hydrogen-bond acceptors (Lipinski definition) is 13. The van der Waals surface area contributed by atoms with Crippen molar-refractivity contribution in [2.24, 2.45) is 10.8 Å². The summed E-state index contributed by atoms with van der Waals surface area (Å²) in [6, 6.07) is 3.54. The van der Waals surface area contributed by atoms with Crippen LogP contribution in [0.4, 0.5) is 0 Å². The van der Waals surface area contributed by atoms with Crippen molar-refractivity contribution in [1.29, 1.82) is 0 Å². The standard InChI is InChI=1S/C32H45N3O10S/c1-29(2,3)32(28(41)42,30(4,5)6)44-21-11-10-17(12-22(21)43-16-24(37)38)20(36)14-34-25(39)26-35-18-13-19(33-15-23(18)46-26)27(40)45-31(7,8)9/h10-12,19-20,33,36H,13-16H2,1-9H3,(H,34,39)(H,37,38)(H,41,42)/p-2. The van der Waals surface area contributed by atoms with E-state index in [4.69, 9.17) is 14.2 Å². The maximum atomic E-state index is 12.9. The molecule has 1 aromatic heterocycles. The lowest BCUT2D eigenvalue weighted by atomic mass is 9.62. The number of fused-ring (bicyclic) bond motifs is 1. The summed E-state index contributed by atoms with van der Waals surface area (Å²) in [4.78, 5) is 54.5.